The Kier molecular flexibility index (Phi) is 9.21. The Morgan fingerprint density at radius 3 is 2.19 bits per heavy atom. The van der Waals surface area contributed by atoms with Crippen molar-refractivity contribution in [3.8, 4) is 11.1 Å². The molecule has 1 amide bonds. The quantitative estimate of drug-likeness (QED) is 0.143. The number of fused-ring (bicyclic) bond motifs is 1. The largest absolute Gasteiger partial charge is 0.444 e. The lowest BCUT2D eigenvalue weighted by Crippen LogP contribution is -2.50. The molecule has 246 valence electrons. The zero-order chi connectivity index (χ0) is 34.3. The molecule has 0 aliphatic carbocycles. The van der Waals surface area contributed by atoms with E-state index < -0.39 is 11.5 Å². The number of nitrogen functional groups attached to an aromatic ring is 1. The van der Waals surface area contributed by atoms with Crippen LogP contribution in [0, 0.1) is 0 Å². The summed E-state index contributed by atoms with van der Waals surface area (Å²) in [6, 6.07) is 15.5. The van der Waals surface area contributed by atoms with E-state index in [4.69, 9.17) is 38.7 Å². The highest BCUT2D eigenvalue weighted by molar-refractivity contribution is 9.10. The molecular formula is C35H31BrCl2N6O4. The molecule has 1 fully saturated rings. The van der Waals surface area contributed by atoms with Crippen LogP contribution in [0.4, 0.5) is 16.3 Å². The number of aromatic nitrogens is 3. The Morgan fingerprint density at radius 2 is 1.54 bits per heavy atom. The van der Waals surface area contributed by atoms with Crippen LogP contribution < -0.4 is 10.6 Å². The van der Waals surface area contributed by atoms with Crippen LogP contribution in [0.15, 0.2) is 77.7 Å². The van der Waals surface area contributed by atoms with Crippen LogP contribution in [-0.2, 0) is 4.74 Å². The topological polar surface area (TPSA) is 124 Å². The maximum Gasteiger partial charge on any atom is 0.410 e. The number of piperazine rings is 1. The van der Waals surface area contributed by atoms with Crippen molar-refractivity contribution < 1.29 is 19.1 Å². The van der Waals surface area contributed by atoms with Gasteiger partial charge in [-0.05, 0) is 79.2 Å². The van der Waals surface area contributed by atoms with Crippen molar-refractivity contribution in [2.75, 3.05) is 36.8 Å². The first-order chi connectivity index (χ1) is 22.8. The van der Waals surface area contributed by atoms with Crippen LogP contribution in [0.25, 0.3) is 22.2 Å². The van der Waals surface area contributed by atoms with E-state index in [0.717, 1.165) is 11.4 Å². The molecular weight excluding hydrogens is 719 g/mol. The van der Waals surface area contributed by atoms with E-state index in [0.29, 0.717) is 52.9 Å². The fourth-order valence-electron chi connectivity index (χ4n) is 5.48. The number of hydrogen-bond acceptors (Lipinski definition) is 8. The summed E-state index contributed by atoms with van der Waals surface area (Å²) in [6.45, 7) is 7.82. The summed E-state index contributed by atoms with van der Waals surface area (Å²) in [6.07, 6.45) is 4.50. The molecule has 13 heteroatoms. The number of ether oxygens (including phenoxy) is 1. The molecule has 0 unspecified atom stereocenters. The molecule has 2 aromatic carbocycles. The van der Waals surface area contributed by atoms with Crippen molar-refractivity contribution >= 4 is 79.5 Å². The number of pyridine rings is 2. The first-order valence-corrected chi connectivity index (χ1v) is 16.6. The van der Waals surface area contributed by atoms with Gasteiger partial charge in [0.1, 0.15) is 17.1 Å². The van der Waals surface area contributed by atoms with E-state index in [2.05, 4.69) is 25.8 Å². The van der Waals surface area contributed by atoms with Gasteiger partial charge in [0.15, 0.2) is 5.78 Å². The van der Waals surface area contributed by atoms with Gasteiger partial charge in [-0.15, -0.1) is 0 Å². The summed E-state index contributed by atoms with van der Waals surface area (Å²) in [5.41, 5.74) is 8.33. The molecule has 10 nitrogen and oxygen atoms in total. The summed E-state index contributed by atoms with van der Waals surface area (Å²) in [7, 11) is 0. The monoisotopic (exact) mass is 748 g/mol. The van der Waals surface area contributed by atoms with E-state index in [1.54, 1.807) is 53.7 Å². The van der Waals surface area contributed by atoms with Crippen molar-refractivity contribution in [3.05, 3.63) is 104 Å². The molecule has 0 bridgehead atoms. The van der Waals surface area contributed by atoms with Crippen molar-refractivity contribution in [1.29, 1.82) is 0 Å². The average molecular weight is 750 g/mol. The van der Waals surface area contributed by atoms with Gasteiger partial charge in [0.2, 0.25) is 0 Å². The number of hydrogen-bond donors (Lipinski definition) is 1. The van der Waals surface area contributed by atoms with Gasteiger partial charge in [-0.2, -0.15) is 0 Å². The first kappa shape index (κ1) is 33.5. The number of rotatable bonds is 5. The van der Waals surface area contributed by atoms with Gasteiger partial charge in [-0.1, -0.05) is 35.3 Å². The van der Waals surface area contributed by atoms with Crippen LogP contribution in [0.3, 0.4) is 0 Å². The predicted octanol–water partition coefficient (Wildman–Crippen LogP) is 7.73. The van der Waals surface area contributed by atoms with Crippen molar-refractivity contribution in [1.82, 2.24) is 19.4 Å². The van der Waals surface area contributed by atoms with Crippen LogP contribution in [0.1, 0.15) is 47.1 Å². The van der Waals surface area contributed by atoms with Gasteiger partial charge < -0.3 is 20.3 Å². The van der Waals surface area contributed by atoms with Gasteiger partial charge in [-0.25, -0.2) is 14.8 Å². The molecule has 3 aromatic heterocycles. The highest BCUT2D eigenvalue weighted by Crippen LogP contribution is 2.33. The van der Waals surface area contributed by atoms with E-state index in [1.807, 2.05) is 39.0 Å². The van der Waals surface area contributed by atoms with Gasteiger partial charge in [0.25, 0.3) is 5.91 Å². The Bertz CT molecular complexity index is 2050. The second kappa shape index (κ2) is 13.2. The lowest BCUT2D eigenvalue weighted by molar-refractivity contribution is 0.0240. The lowest BCUT2D eigenvalue weighted by Gasteiger charge is -2.36. The van der Waals surface area contributed by atoms with Crippen LogP contribution in [-0.4, -0.2) is 69.0 Å². The number of ketones is 1. The van der Waals surface area contributed by atoms with Crippen molar-refractivity contribution in [2.24, 2.45) is 0 Å². The molecule has 1 saturated heterocycles. The molecule has 0 spiro atoms. The summed E-state index contributed by atoms with van der Waals surface area (Å²) in [5, 5.41) is 0.801. The number of carbonyl (C=O) groups excluding carboxylic acids is 3. The number of carbonyl (C=O) groups is 3. The minimum atomic E-state index is -0.550. The number of amides is 1. The summed E-state index contributed by atoms with van der Waals surface area (Å²) in [5.74, 6) is -0.111. The smallest absolute Gasteiger partial charge is 0.410 e. The fourth-order valence-corrected chi connectivity index (χ4v) is 6.49. The summed E-state index contributed by atoms with van der Waals surface area (Å²) < 4.78 is 7.25. The van der Waals surface area contributed by atoms with Crippen molar-refractivity contribution in [2.45, 2.75) is 26.4 Å². The minimum Gasteiger partial charge on any atom is -0.444 e. The van der Waals surface area contributed by atoms with Gasteiger partial charge >= 0.3 is 6.09 Å². The zero-order valence-electron chi connectivity index (χ0n) is 26.3. The van der Waals surface area contributed by atoms with Crippen LogP contribution in [0.2, 0.25) is 10.0 Å². The number of benzene rings is 2. The molecule has 0 saturated carbocycles. The Hall–Kier alpha value is -4.45. The second-order valence-corrected chi connectivity index (χ2v) is 13.9. The highest BCUT2D eigenvalue weighted by Gasteiger charge is 2.28. The van der Waals surface area contributed by atoms with Crippen molar-refractivity contribution in [3.63, 3.8) is 0 Å². The van der Waals surface area contributed by atoms with Crippen LogP contribution >= 0.6 is 39.1 Å². The van der Waals surface area contributed by atoms with E-state index in [9.17, 15) is 14.4 Å². The van der Waals surface area contributed by atoms with Gasteiger partial charge in [0.05, 0.1) is 25.6 Å². The third-order valence-electron chi connectivity index (χ3n) is 7.89. The summed E-state index contributed by atoms with van der Waals surface area (Å²) in [4.78, 5) is 53.4. The number of halogens is 3. The molecule has 48 heavy (non-hydrogen) atoms. The molecule has 6 rings (SSSR count). The Morgan fingerprint density at radius 1 is 0.875 bits per heavy atom. The molecule has 5 aromatic rings. The standard InChI is InChI=1S/C35H31BrCl2N6O4/c1-35(2,3)48-34(47)43-14-12-42(13-15-43)28-11-10-20(17-40-28)21-16-23-24(31(45)22-6-4-9-27(39)30(22)36)19-44(32(23)41-18-21)33(46)29-25(37)7-5-8-26(29)38/h4-11,16-19H,12-15,39H2,1-3H3. The molecule has 1 aliphatic heterocycles. The van der Waals surface area contributed by atoms with Gasteiger partial charge in [0, 0.05) is 72.5 Å². The zero-order valence-corrected chi connectivity index (χ0v) is 29.4. The Balaban J connectivity index is 1.33. The molecule has 0 atom stereocenters. The number of nitrogens with two attached hydrogens (primary N) is 1. The molecule has 1 aliphatic rings. The predicted molar refractivity (Wildman–Crippen MR) is 191 cm³/mol. The highest BCUT2D eigenvalue weighted by atomic mass is 79.9. The van der Waals surface area contributed by atoms with Gasteiger partial charge in [-0.3, -0.25) is 14.2 Å². The lowest BCUT2D eigenvalue weighted by atomic mass is 10.0. The Labute approximate surface area is 295 Å². The third kappa shape index (κ3) is 6.63. The summed E-state index contributed by atoms with van der Waals surface area (Å²) >= 11 is 16.2. The second-order valence-electron chi connectivity index (χ2n) is 12.3. The van der Waals surface area contributed by atoms with Crippen LogP contribution in [0.5, 0.6) is 0 Å². The molecule has 4 heterocycles. The van der Waals surface area contributed by atoms with E-state index >= 15 is 0 Å². The number of anilines is 2. The minimum absolute atomic E-state index is 0.0967. The average Bonchev–Trinajstić information content (AvgIpc) is 3.44. The fraction of sp³-hybridized carbons (Fsp3) is 0.229. The maximum absolute atomic E-state index is 14.0. The van der Waals surface area contributed by atoms with E-state index in [-0.39, 0.29) is 38.7 Å². The molecule has 0 radical (unpaired) electrons. The SMILES string of the molecule is CC(C)(C)OC(=O)N1CCN(c2ccc(-c3cnc4c(c3)c(C(=O)c3cccc(N)c3Br)cn4C(=O)c3c(Cl)cccc3Cl)cn2)CC1. The first-order valence-electron chi connectivity index (χ1n) is 15.1. The normalized spacial score (nSPS) is 13.5. The third-order valence-corrected chi connectivity index (χ3v) is 9.41. The maximum atomic E-state index is 14.0. The number of nitrogens with zero attached hydrogens (tertiary/aromatic N) is 5. The van der Waals surface area contributed by atoms with E-state index in [1.165, 1.54) is 10.8 Å². The molecule has 2 N–H and O–H groups in total.